The number of nitrogens with one attached hydrogen (secondary N) is 1. The van der Waals surface area contributed by atoms with Crippen molar-refractivity contribution in [3.8, 4) is 5.75 Å². The third-order valence-electron chi connectivity index (χ3n) is 5.85. The fraction of sp³-hybridized carbons (Fsp3) is 0.381. The van der Waals surface area contributed by atoms with Gasteiger partial charge < -0.3 is 15.2 Å². The van der Waals surface area contributed by atoms with Gasteiger partial charge in [-0.1, -0.05) is 6.42 Å². The van der Waals surface area contributed by atoms with Gasteiger partial charge in [-0.25, -0.2) is 9.18 Å². The van der Waals surface area contributed by atoms with Crippen molar-refractivity contribution in [2.75, 3.05) is 5.32 Å². The summed E-state index contributed by atoms with van der Waals surface area (Å²) >= 11 is 0. The molecule has 0 radical (unpaired) electrons. The van der Waals surface area contributed by atoms with E-state index in [0.717, 1.165) is 36.6 Å². The van der Waals surface area contributed by atoms with Crippen molar-refractivity contribution < 1.29 is 27.8 Å². The number of carboxylic acids is 1. The highest BCUT2D eigenvalue weighted by Crippen LogP contribution is 2.54. The second-order valence-electron chi connectivity index (χ2n) is 7.44. The van der Waals surface area contributed by atoms with Crippen molar-refractivity contribution in [3.05, 3.63) is 58.4 Å². The number of hydrogen-bond acceptors (Lipinski definition) is 3. The SMILES string of the molecule is Cc1cc(C(=O)O)cc(F)c1[C@@H]1Nc2ccc(OC(F)F)cc2[C@@H]2CCC[C@@H]21. The summed E-state index contributed by atoms with van der Waals surface area (Å²) in [6, 6.07) is 7.05. The van der Waals surface area contributed by atoms with Gasteiger partial charge in [-0.3, -0.25) is 0 Å². The summed E-state index contributed by atoms with van der Waals surface area (Å²) in [6.45, 7) is -1.17. The minimum Gasteiger partial charge on any atom is -0.478 e. The zero-order chi connectivity index (χ0) is 20.0. The summed E-state index contributed by atoms with van der Waals surface area (Å²) in [4.78, 5) is 11.2. The Labute approximate surface area is 160 Å². The van der Waals surface area contributed by atoms with Crippen LogP contribution in [0.15, 0.2) is 30.3 Å². The smallest absolute Gasteiger partial charge is 0.387 e. The molecule has 0 bridgehead atoms. The maximum absolute atomic E-state index is 14.9. The fourth-order valence-corrected chi connectivity index (χ4v) is 4.76. The quantitative estimate of drug-likeness (QED) is 0.724. The molecule has 4 rings (SSSR count). The van der Waals surface area contributed by atoms with Crippen LogP contribution in [0.1, 0.15) is 58.3 Å². The van der Waals surface area contributed by atoms with Crippen molar-refractivity contribution in [1.82, 2.24) is 0 Å². The van der Waals surface area contributed by atoms with E-state index in [-0.39, 0.29) is 29.2 Å². The first kappa shape index (κ1) is 18.7. The Morgan fingerprint density at radius 1 is 1.25 bits per heavy atom. The summed E-state index contributed by atoms with van der Waals surface area (Å²) in [7, 11) is 0. The van der Waals surface area contributed by atoms with E-state index in [1.165, 1.54) is 12.1 Å². The van der Waals surface area contributed by atoms with Crippen molar-refractivity contribution >= 4 is 11.7 Å². The molecular weight excluding hydrogens is 371 g/mol. The first-order chi connectivity index (χ1) is 13.3. The summed E-state index contributed by atoms with van der Waals surface area (Å²) < 4.78 is 44.5. The number of alkyl halides is 2. The largest absolute Gasteiger partial charge is 0.478 e. The second-order valence-corrected chi connectivity index (χ2v) is 7.44. The Balaban J connectivity index is 1.75. The molecule has 28 heavy (non-hydrogen) atoms. The Kier molecular flexibility index (Phi) is 4.69. The number of anilines is 1. The van der Waals surface area contributed by atoms with E-state index in [9.17, 15) is 18.0 Å². The van der Waals surface area contributed by atoms with Crippen molar-refractivity contribution in [1.29, 1.82) is 0 Å². The van der Waals surface area contributed by atoms with Gasteiger partial charge in [0.2, 0.25) is 0 Å². The molecule has 1 heterocycles. The molecule has 0 amide bonds. The molecule has 3 atom stereocenters. The number of benzene rings is 2. The number of aromatic carboxylic acids is 1. The van der Waals surface area contributed by atoms with Crippen molar-refractivity contribution in [2.24, 2.45) is 5.92 Å². The standard InChI is InChI=1S/C21H20F3NO3/c1-10-7-11(20(26)27)8-16(22)18(10)19-14-4-2-3-13(14)15-9-12(28-21(23)24)5-6-17(15)25-19/h5-9,13-14,19,21,25H,2-4H2,1H3,(H,26,27)/t13-,14+,19-/m1/s1. The number of hydrogen-bond donors (Lipinski definition) is 2. The van der Waals surface area contributed by atoms with E-state index in [4.69, 9.17) is 5.11 Å². The highest BCUT2D eigenvalue weighted by atomic mass is 19.3. The molecule has 1 fully saturated rings. The van der Waals surface area contributed by atoms with E-state index in [1.54, 1.807) is 19.1 Å². The molecule has 7 heteroatoms. The Hall–Kier alpha value is -2.70. The van der Waals surface area contributed by atoms with Crippen LogP contribution >= 0.6 is 0 Å². The highest BCUT2D eigenvalue weighted by Gasteiger charge is 2.42. The molecule has 0 saturated heterocycles. The van der Waals surface area contributed by atoms with Gasteiger partial charge in [0, 0.05) is 11.3 Å². The summed E-state index contributed by atoms with van der Waals surface area (Å²) in [5.74, 6) is -1.38. The minimum atomic E-state index is -2.88. The van der Waals surface area contributed by atoms with E-state index in [2.05, 4.69) is 10.1 Å². The lowest BCUT2D eigenvalue weighted by Crippen LogP contribution is -2.30. The van der Waals surface area contributed by atoms with Crippen LogP contribution in [-0.2, 0) is 0 Å². The summed E-state index contributed by atoms with van der Waals surface area (Å²) in [5.41, 5.74) is 2.67. The lowest BCUT2D eigenvalue weighted by atomic mass is 9.76. The first-order valence-corrected chi connectivity index (χ1v) is 9.23. The van der Waals surface area contributed by atoms with Crippen LogP contribution in [0.2, 0.25) is 0 Å². The molecule has 1 aliphatic carbocycles. The zero-order valence-corrected chi connectivity index (χ0v) is 15.2. The molecule has 1 aliphatic heterocycles. The molecule has 0 unspecified atom stereocenters. The predicted molar refractivity (Wildman–Crippen MR) is 97.6 cm³/mol. The molecule has 0 spiro atoms. The summed E-state index contributed by atoms with van der Waals surface area (Å²) in [6.07, 6.45) is 2.73. The maximum atomic E-state index is 14.9. The van der Waals surface area contributed by atoms with E-state index in [0.29, 0.717) is 11.1 Å². The molecule has 0 aromatic heterocycles. The van der Waals surface area contributed by atoms with Gasteiger partial charge in [-0.2, -0.15) is 8.78 Å². The zero-order valence-electron chi connectivity index (χ0n) is 15.2. The van der Waals surface area contributed by atoms with E-state index >= 15 is 0 Å². The third kappa shape index (κ3) is 3.19. The number of ether oxygens (including phenoxy) is 1. The Morgan fingerprint density at radius 3 is 2.71 bits per heavy atom. The van der Waals surface area contributed by atoms with Crippen LogP contribution in [0.5, 0.6) is 5.75 Å². The first-order valence-electron chi connectivity index (χ1n) is 9.23. The molecule has 2 aromatic carbocycles. The predicted octanol–water partition coefficient (Wildman–Crippen LogP) is 5.48. The van der Waals surface area contributed by atoms with Crippen molar-refractivity contribution in [3.63, 3.8) is 0 Å². The number of carboxylic acid groups (broad SMARTS) is 1. The topological polar surface area (TPSA) is 58.6 Å². The fourth-order valence-electron chi connectivity index (χ4n) is 4.76. The lowest BCUT2D eigenvalue weighted by Gasteiger charge is -2.38. The summed E-state index contributed by atoms with van der Waals surface area (Å²) in [5, 5.41) is 12.5. The second kappa shape index (κ2) is 7.04. The van der Waals surface area contributed by atoms with Crippen molar-refractivity contribution in [2.45, 2.75) is 44.8 Å². The van der Waals surface area contributed by atoms with Crippen LogP contribution < -0.4 is 10.1 Å². The van der Waals surface area contributed by atoms with Crippen LogP contribution in [0.25, 0.3) is 0 Å². The lowest BCUT2D eigenvalue weighted by molar-refractivity contribution is -0.0499. The van der Waals surface area contributed by atoms with Gasteiger partial charge >= 0.3 is 12.6 Å². The van der Waals surface area contributed by atoms with Gasteiger partial charge in [-0.05, 0) is 73.1 Å². The third-order valence-corrected chi connectivity index (χ3v) is 5.85. The van der Waals surface area contributed by atoms with Gasteiger partial charge in [-0.15, -0.1) is 0 Å². The van der Waals surface area contributed by atoms with Crippen LogP contribution in [0.4, 0.5) is 18.9 Å². The van der Waals surface area contributed by atoms with Crippen LogP contribution in [-0.4, -0.2) is 17.7 Å². The Bertz CT molecular complexity index is 908. The highest BCUT2D eigenvalue weighted by molar-refractivity contribution is 5.88. The number of rotatable bonds is 4. The van der Waals surface area contributed by atoms with Gasteiger partial charge in [0.1, 0.15) is 11.6 Å². The molecule has 1 saturated carbocycles. The average molecular weight is 391 g/mol. The van der Waals surface area contributed by atoms with E-state index in [1.807, 2.05) is 0 Å². The van der Waals surface area contributed by atoms with Gasteiger partial charge in [0.25, 0.3) is 0 Å². The number of aryl methyl sites for hydroxylation is 1. The number of fused-ring (bicyclic) bond motifs is 3. The monoisotopic (exact) mass is 391 g/mol. The molecule has 148 valence electrons. The molecule has 2 aliphatic rings. The molecule has 2 N–H and O–H groups in total. The minimum absolute atomic E-state index is 0.0771. The molecular formula is C21H20F3NO3. The molecule has 4 nitrogen and oxygen atoms in total. The normalized spacial score (nSPS) is 23.1. The number of halogens is 3. The van der Waals surface area contributed by atoms with Gasteiger partial charge in [0.05, 0.1) is 11.6 Å². The van der Waals surface area contributed by atoms with E-state index < -0.39 is 18.4 Å². The number of carbonyl (C=O) groups is 1. The Morgan fingerprint density at radius 2 is 2.04 bits per heavy atom. The van der Waals surface area contributed by atoms with Crippen LogP contribution in [0.3, 0.4) is 0 Å². The maximum Gasteiger partial charge on any atom is 0.387 e. The van der Waals surface area contributed by atoms with Gasteiger partial charge in [0.15, 0.2) is 0 Å². The average Bonchev–Trinajstić information content (AvgIpc) is 3.11. The van der Waals surface area contributed by atoms with Crippen LogP contribution in [0, 0.1) is 18.7 Å². The molecule has 2 aromatic rings.